The Kier molecular flexibility index (Phi) is 13.9. The first-order valence-corrected chi connectivity index (χ1v) is 11.1. The van der Waals surface area contributed by atoms with Crippen LogP contribution >= 0.6 is 0 Å². The molecule has 0 heterocycles. The number of aliphatic hydroxyl groups is 1. The molecule has 13 N–H and O–H groups in total. The fourth-order valence-corrected chi connectivity index (χ4v) is 2.93. The van der Waals surface area contributed by atoms with Crippen LogP contribution in [0.2, 0.25) is 0 Å². The fraction of sp³-hybridized carbons (Fsp3) is 0.700. The zero-order valence-corrected chi connectivity index (χ0v) is 20.2. The van der Waals surface area contributed by atoms with Gasteiger partial charge in [-0.1, -0.05) is 20.3 Å². The summed E-state index contributed by atoms with van der Waals surface area (Å²) >= 11 is 0. The monoisotopic (exact) mass is 502 g/mol. The van der Waals surface area contributed by atoms with Gasteiger partial charge >= 0.3 is 5.97 Å². The highest BCUT2D eigenvalue weighted by Gasteiger charge is 2.34. The fourth-order valence-electron chi connectivity index (χ4n) is 2.93. The summed E-state index contributed by atoms with van der Waals surface area (Å²) < 4.78 is 0. The van der Waals surface area contributed by atoms with Crippen LogP contribution < -0.4 is 38.9 Å². The number of carbonyl (C=O) groups excluding carboxylic acids is 4. The van der Waals surface area contributed by atoms with E-state index in [2.05, 4.69) is 20.9 Å². The molecule has 0 aromatic rings. The van der Waals surface area contributed by atoms with Crippen molar-refractivity contribution in [1.82, 2.24) is 16.0 Å². The van der Waals surface area contributed by atoms with E-state index >= 15 is 0 Å². The van der Waals surface area contributed by atoms with Gasteiger partial charge < -0.3 is 49.1 Å². The second-order valence-corrected chi connectivity index (χ2v) is 8.22. The Morgan fingerprint density at radius 2 is 1.49 bits per heavy atom. The Hall–Kier alpha value is -3.46. The summed E-state index contributed by atoms with van der Waals surface area (Å²) in [6, 6.07) is -5.31. The van der Waals surface area contributed by atoms with Crippen molar-refractivity contribution >= 4 is 35.6 Å². The van der Waals surface area contributed by atoms with E-state index in [0.29, 0.717) is 12.8 Å². The lowest BCUT2D eigenvalue weighted by Gasteiger charge is -2.28. The number of nitrogens with zero attached hydrogens (tertiary/aromatic N) is 1. The van der Waals surface area contributed by atoms with E-state index in [1.54, 1.807) is 13.8 Å². The predicted octanol–water partition coefficient (Wildman–Crippen LogP) is -3.79. The summed E-state index contributed by atoms with van der Waals surface area (Å²) in [5.74, 6) is -5.41. The third-order valence-electron chi connectivity index (χ3n) is 5.18. The molecule has 0 aliphatic rings. The number of aliphatic hydroxyl groups excluding tert-OH is 1. The summed E-state index contributed by atoms with van der Waals surface area (Å²) in [4.78, 5) is 64.6. The number of guanidine groups is 1. The molecule has 0 saturated carbocycles. The number of primary amides is 1. The van der Waals surface area contributed by atoms with E-state index in [0.717, 1.165) is 6.92 Å². The van der Waals surface area contributed by atoms with Crippen LogP contribution in [0.3, 0.4) is 0 Å². The van der Waals surface area contributed by atoms with Crippen LogP contribution in [0.4, 0.5) is 0 Å². The number of aliphatic carboxylic acids is 1. The van der Waals surface area contributed by atoms with Crippen LogP contribution in [-0.4, -0.2) is 82.6 Å². The van der Waals surface area contributed by atoms with E-state index in [9.17, 15) is 29.1 Å². The Morgan fingerprint density at radius 1 is 0.914 bits per heavy atom. The van der Waals surface area contributed by atoms with Gasteiger partial charge in [0.2, 0.25) is 23.6 Å². The first-order valence-electron chi connectivity index (χ1n) is 11.1. The number of amides is 4. The smallest absolute Gasteiger partial charge is 0.328 e. The number of carboxylic acids is 1. The predicted molar refractivity (Wildman–Crippen MR) is 126 cm³/mol. The highest BCUT2D eigenvalue weighted by molar-refractivity contribution is 5.96. The van der Waals surface area contributed by atoms with Crippen molar-refractivity contribution < 1.29 is 34.2 Å². The maximum absolute atomic E-state index is 13.0. The molecule has 0 aromatic heterocycles. The first-order chi connectivity index (χ1) is 16.2. The normalized spacial score (nSPS) is 15.9. The average Bonchev–Trinajstić information content (AvgIpc) is 2.75. The second kappa shape index (κ2) is 15.4. The zero-order valence-electron chi connectivity index (χ0n) is 20.2. The van der Waals surface area contributed by atoms with E-state index < -0.39 is 72.2 Å². The van der Waals surface area contributed by atoms with Crippen molar-refractivity contribution in [2.45, 2.75) is 76.7 Å². The van der Waals surface area contributed by atoms with Crippen molar-refractivity contribution in [1.29, 1.82) is 0 Å². The molecule has 0 aliphatic carbocycles. The molecule has 0 rings (SSSR count). The van der Waals surface area contributed by atoms with Crippen molar-refractivity contribution in [3.63, 3.8) is 0 Å². The Balaban J connectivity index is 5.46. The summed E-state index contributed by atoms with van der Waals surface area (Å²) in [5.41, 5.74) is 21.5. The van der Waals surface area contributed by atoms with Crippen LogP contribution in [-0.2, 0) is 24.0 Å². The second-order valence-electron chi connectivity index (χ2n) is 8.22. The van der Waals surface area contributed by atoms with Crippen molar-refractivity contribution in [2.24, 2.45) is 33.8 Å². The average molecular weight is 503 g/mol. The SMILES string of the molecule is CCC(C)C(NC(=O)C(N)CCCN=C(N)N)C(=O)NC(CC(N)=O)C(=O)NC(C(=O)O)C(C)O. The standard InChI is InChI=1S/C20H38N8O7/c1-4-9(2)14(27-16(31)11(21)6-5-7-25-20(23)24)18(33)26-12(8-13(22)30)17(32)28-15(10(3)29)19(34)35/h9-12,14-15,29H,4-8,21H2,1-3H3,(H2,22,30)(H,26,33)(H,27,31)(H,28,32)(H,34,35)(H4,23,24,25). The molecule has 0 aromatic carbocycles. The summed E-state index contributed by atoms with van der Waals surface area (Å²) in [6.07, 6.45) is -0.980. The number of hydrogen-bond donors (Lipinski definition) is 9. The van der Waals surface area contributed by atoms with Gasteiger partial charge in [-0.2, -0.15) is 0 Å². The Bertz CT molecular complexity index is 785. The van der Waals surface area contributed by atoms with Gasteiger partial charge in [0.05, 0.1) is 18.6 Å². The molecular formula is C20H38N8O7. The molecular weight excluding hydrogens is 464 g/mol. The van der Waals surface area contributed by atoms with Gasteiger partial charge in [0.15, 0.2) is 12.0 Å². The molecule has 35 heavy (non-hydrogen) atoms. The largest absolute Gasteiger partial charge is 0.480 e. The number of carbonyl (C=O) groups is 5. The lowest BCUT2D eigenvalue weighted by Crippen LogP contribution is -2.60. The van der Waals surface area contributed by atoms with E-state index in [-0.39, 0.29) is 18.9 Å². The minimum absolute atomic E-state index is 0.0887. The van der Waals surface area contributed by atoms with E-state index in [1.165, 1.54) is 0 Å². The van der Waals surface area contributed by atoms with Gasteiger partial charge in [-0.3, -0.25) is 24.2 Å². The maximum Gasteiger partial charge on any atom is 0.328 e. The highest BCUT2D eigenvalue weighted by Crippen LogP contribution is 2.10. The minimum Gasteiger partial charge on any atom is -0.480 e. The first kappa shape index (κ1) is 31.5. The van der Waals surface area contributed by atoms with Crippen LogP contribution in [0.5, 0.6) is 0 Å². The van der Waals surface area contributed by atoms with Gasteiger partial charge in [0.1, 0.15) is 12.1 Å². The van der Waals surface area contributed by atoms with E-state index in [1.807, 2.05) is 0 Å². The molecule has 15 nitrogen and oxygen atoms in total. The summed E-state index contributed by atoms with van der Waals surface area (Å²) in [5, 5.41) is 25.7. The zero-order chi connectivity index (χ0) is 27.3. The number of nitrogens with two attached hydrogens (primary N) is 4. The minimum atomic E-state index is -1.68. The van der Waals surface area contributed by atoms with Crippen molar-refractivity contribution in [3.05, 3.63) is 0 Å². The van der Waals surface area contributed by atoms with Crippen LogP contribution in [0.25, 0.3) is 0 Å². The van der Waals surface area contributed by atoms with Gasteiger partial charge in [-0.05, 0) is 25.7 Å². The van der Waals surface area contributed by atoms with Crippen LogP contribution in [0, 0.1) is 5.92 Å². The maximum atomic E-state index is 13.0. The van der Waals surface area contributed by atoms with Crippen molar-refractivity contribution in [2.75, 3.05) is 6.54 Å². The third-order valence-corrected chi connectivity index (χ3v) is 5.18. The Labute approximate surface area is 203 Å². The molecule has 200 valence electrons. The quantitative estimate of drug-likeness (QED) is 0.0563. The molecule has 4 amide bonds. The molecule has 0 bridgehead atoms. The third kappa shape index (κ3) is 12.0. The number of nitrogens with one attached hydrogen (secondary N) is 3. The van der Waals surface area contributed by atoms with Crippen LogP contribution in [0.15, 0.2) is 4.99 Å². The molecule has 0 fully saturated rings. The number of hydrogen-bond acceptors (Lipinski definition) is 8. The lowest BCUT2D eigenvalue weighted by atomic mass is 9.97. The molecule has 0 spiro atoms. The molecule has 6 atom stereocenters. The molecule has 6 unspecified atom stereocenters. The molecule has 0 radical (unpaired) electrons. The summed E-state index contributed by atoms with van der Waals surface area (Å²) in [6.45, 7) is 4.88. The highest BCUT2D eigenvalue weighted by atomic mass is 16.4. The van der Waals surface area contributed by atoms with Gasteiger partial charge in [0, 0.05) is 6.54 Å². The van der Waals surface area contributed by atoms with Crippen molar-refractivity contribution in [3.8, 4) is 0 Å². The number of carboxylic acid groups (broad SMARTS) is 1. The van der Waals surface area contributed by atoms with Gasteiger partial charge in [-0.25, -0.2) is 4.79 Å². The topological polar surface area (TPSA) is 278 Å². The molecule has 0 aliphatic heterocycles. The number of rotatable bonds is 16. The van der Waals surface area contributed by atoms with Crippen LogP contribution in [0.1, 0.15) is 46.5 Å². The summed E-state index contributed by atoms with van der Waals surface area (Å²) in [7, 11) is 0. The van der Waals surface area contributed by atoms with E-state index in [4.69, 9.17) is 28.0 Å². The molecule has 0 saturated heterocycles. The number of aliphatic imine (C=N–C) groups is 1. The van der Waals surface area contributed by atoms with Gasteiger partial charge in [-0.15, -0.1) is 0 Å². The molecule has 15 heteroatoms. The van der Waals surface area contributed by atoms with Gasteiger partial charge in [0.25, 0.3) is 0 Å². The Morgan fingerprint density at radius 3 is 1.94 bits per heavy atom. The lowest BCUT2D eigenvalue weighted by molar-refractivity contribution is -0.145.